The lowest BCUT2D eigenvalue weighted by Gasteiger charge is -2.12. The Morgan fingerprint density at radius 3 is 2.12 bits per heavy atom. The van der Waals surface area contributed by atoms with Crippen LogP contribution in [0.15, 0.2) is 36.4 Å². The van der Waals surface area contributed by atoms with Crippen LogP contribution >= 0.6 is 0 Å². The number of carbonyl (C=O) groups is 1. The van der Waals surface area contributed by atoms with Crippen LogP contribution in [0.25, 0.3) is 6.08 Å². The van der Waals surface area contributed by atoms with Crippen molar-refractivity contribution >= 4 is 11.9 Å². The smallest absolute Gasteiger partial charge is 0.203 e. The third-order valence-corrected chi connectivity index (χ3v) is 3.59. The number of ether oxygens (including phenoxy) is 3. The molecule has 0 unspecified atom stereocenters. The number of allylic oxidation sites excluding steroid dienone is 1. The minimum Gasteiger partial charge on any atom is -0.508 e. The molecule has 24 heavy (non-hydrogen) atoms. The van der Waals surface area contributed by atoms with Gasteiger partial charge < -0.3 is 19.3 Å². The average Bonchev–Trinajstić information content (AvgIpc) is 2.58. The van der Waals surface area contributed by atoms with Crippen LogP contribution in [-0.2, 0) is 0 Å². The molecular formula is C19H20O5. The zero-order chi connectivity index (χ0) is 17.7. The summed E-state index contributed by atoms with van der Waals surface area (Å²) in [7, 11) is 4.61. The van der Waals surface area contributed by atoms with E-state index >= 15 is 0 Å². The zero-order valence-corrected chi connectivity index (χ0v) is 14.1. The number of ketones is 1. The van der Waals surface area contributed by atoms with Crippen molar-refractivity contribution in [3.63, 3.8) is 0 Å². The van der Waals surface area contributed by atoms with Gasteiger partial charge in [-0.2, -0.15) is 0 Å². The number of aryl methyl sites for hydroxylation is 1. The molecule has 0 heterocycles. The number of phenols is 1. The van der Waals surface area contributed by atoms with Gasteiger partial charge in [0.05, 0.1) is 21.3 Å². The predicted octanol–water partition coefficient (Wildman–Crippen LogP) is 3.62. The van der Waals surface area contributed by atoms with Crippen LogP contribution in [-0.4, -0.2) is 32.2 Å². The summed E-state index contributed by atoms with van der Waals surface area (Å²) < 4.78 is 15.9. The molecule has 2 aromatic carbocycles. The summed E-state index contributed by atoms with van der Waals surface area (Å²) in [5.41, 5.74) is 2.00. The van der Waals surface area contributed by atoms with E-state index in [1.54, 1.807) is 37.3 Å². The number of hydrogen-bond acceptors (Lipinski definition) is 5. The second-order valence-electron chi connectivity index (χ2n) is 5.16. The van der Waals surface area contributed by atoms with Gasteiger partial charge in [-0.3, -0.25) is 4.79 Å². The molecule has 0 aliphatic carbocycles. The van der Waals surface area contributed by atoms with Crippen molar-refractivity contribution in [2.45, 2.75) is 6.92 Å². The van der Waals surface area contributed by atoms with Crippen molar-refractivity contribution in [2.75, 3.05) is 21.3 Å². The van der Waals surface area contributed by atoms with Crippen molar-refractivity contribution in [3.05, 3.63) is 53.1 Å². The van der Waals surface area contributed by atoms with Crippen LogP contribution in [0.3, 0.4) is 0 Å². The minimum absolute atomic E-state index is 0.137. The Bertz CT molecular complexity index is 752. The van der Waals surface area contributed by atoms with E-state index < -0.39 is 0 Å². The van der Waals surface area contributed by atoms with Crippen LogP contribution < -0.4 is 14.2 Å². The van der Waals surface area contributed by atoms with Gasteiger partial charge in [-0.25, -0.2) is 0 Å². The molecule has 0 aromatic heterocycles. The van der Waals surface area contributed by atoms with Crippen LogP contribution in [0, 0.1) is 6.92 Å². The number of methoxy groups -OCH3 is 3. The first kappa shape index (κ1) is 17.4. The third-order valence-electron chi connectivity index (χ3n) is 3.59. The van der Waals surface area contributed by atoms with E-state index in [0.717, 1.165) is 11.1 Å². The summed E-state index contributed by atoms with van der Waals surface area (Å²) in [4.78, 5) is 12.3. The van der Waals surface area contributed by atoms with Crippen molar-refractivity contribution in [1.82, 2.24) is 0 Å². The first-order valence-corrected chi connectivity index (χ1v) is 7.32. The molecule has 0 aliphatic heterocycles. The van der Waals surface area contributed by atoms with E-state index in [9.17, 15) is 9.90 Å². The highest BCUT2D eigenvalue weighted by atomic mass is 16.5. The molecule has 0 saturated heterocycles. The maximum atomic E-state index is 12.3. The maximum Gasteiger partial charge on any atom is 0.203 e. The SMILES string of the molecule is COc1cc(/C=C/C(=O)c2ccc(O)cc2C)cc(OC)c1OC. The predicted molar refractivity (Wildman–Crippen MR) is 92.3 cm³/mol. The topological polar surface area (TPSA) is 65.0 Å². The summed E-state index contributed by atoms with van der Waals surface area (Å²) in [6.07, 6.45) is 3.15. The highest BCUT2D eigenvalue weighted by molar-refractivity contribution is 6.07. The largest absolute Gasteiger partial charge is 0.508 e. The van der Waals surface area contributed by atoms with E-state index in [-0.39, 0.29) is 11.5 Å². The normalized spacial score (nSPS) is 10.7. The Hall–Kier alpha value is -2.95. The minimum atomic E-state index is -0.152. The van der Waals surface area contributed by atoms with Gasteiger partial charge in [-0.15, -0.1) is 0 Å². The van der Waals surface area contributed by atoms with E-state index in [1.165, 1.54) is 33.5 Å². The summed E-state index contributed by atoms with van der Waals surface area (Å²) in [5, 5.41) is 9.42. The Morgan fingerprint density at radius 2 is 1.62 bits per heavy atom. The number of benzene rings is 2. The lowest BCUT2D eigenvalue weighted by Crippen LogP contribution is -1.98. The van der Waals surface area contributed by atoms with Gasteiger partial charge >= 0.3 is 0 Å². The molecule has 0 radical (unpaired) electrons. The molecule has 0 saturated carbocycles. The summed E-state index contributed by atoms with van der Waals surface area (Å²) in [6.45, 7) is 1.78. The number of aromatic hydroxyl groups is 1. The lowest BCUT2D eigenvalue weighted by molar-refractivity contribution is 0.104. The Labute approximate surface area is 141 Å². The van der Waals surface area contributed by atoms with Gasteiger partial charge in [0.1, 0.15) is 5.75 Å². The van der Waals surface area contributed by atoms with Gasteiger partial charge in [0.15, 0.2) is 17.3 Å². The fourth-order valence-corrected chi connectivity index (χ4v) is 2.38. The van der Waals surface area contributed by atoms with Gasteiger partial charge in [-0.1, -0.05) is 6.08 Å². The van der Waals surface area contributed by atoms with E-state index in [1.807, 2.05) is 0 Å². The molecule has 2 rings (SSSR count). The van der Waals surface area contributed by atoms with Crippen molar-refractivity contribution in [1.29, 1.82) is 0 Å². The van der Waals surface area contributed by atoms with Crippen molar-refractivity contribution < 1.29 is 24.1 Å². The van der Waals surface area contributed by atoms with Crippen molar-refractivity contribution in [3.8, 4) is 23.0 Å². The molecule has 0 atom stereocenters. The second kappa shape index (κ2) is 7.55. The van der Waals surface area contributed by atoms with Crippen molar-refractivity contribution in [2.24, 2.45) is 0 Å². The second-order valence-corrected chi connectivity index (χ2v) is 5.16. The summed E-state index contributed by atoms with van der Waals surface area (Å²) in [6, 6.07) is 8.17. The Morgan fingerprint density at radius 1 is 1.00 bits per heavy atom. The molecule has 2 aromatic rings. The molecule has 0 bridgehead atoms. The van der Waals surface area contributed by atoms with Gasteiger partial charge in [0, 0.05) is 5.56 Å². The lowest BCUT2D eigenvalue weighted by atomic mass is 10.0. The van der Waals surface area contributed by atoms with Crippen LogP contribution in [0.1, 0.15) is 21.5 Å². The molecular weight excluding hydrogens is 308 g/mol. The first-order chi connectivity index (χ1) is 11.5. The zero-order valence-electron chi connectivity index (χ0n) is 14.1. The number of rotatable bonds is 6. The standard InChI is InChI=1S/C19H20O5/c1-12-9-14(20)6-7-15(12)16(21)8-5-13-10-17(22-2)19(24-4)18(11-13)23-3/h5-11,20H,1-4H3/b8-5+. The number of phenolic OH excluding ortho intramolecular Hbond substituents is 1. The van der Waals surface area contributed by atoms with Crippen LogP contribution in [0.4, 0.5) is 0 Å². The van der Waals surface area contributed by atoms with E-state index in [4.69, 9.17) is 14.2 Å². The number of carbonyl (C=O) groups excluding carboxylic acids is 1. The quantitative estimate of drug-likeness (QED) is 0.648. The molecule has 126 valence electrons. The Balaban J connectivity index is 2.32. The molecule has 1 N–H and O–H groups in total. The van der Waals surface area contributed by atoms with Gasteiger partial charge in [0.25, 0.3) is 0 Å². The molecule has 5 nitrogen and oxygen atoms in total. The molecule has 0 aliphatic rings. The summed E-state index contributed by atoms with van der Waals surface area (Å²) in [5.74, 6) is 1.52. The highest BCUT2D eigenvalue weighted by Gasteiger charge is 2.12. The van der Waals surface area contributed by atoms with Gasteiger partial charge in [0.2, 0.25) is 5.75 Å². The van der Waals surface area contributed by atoms with Crippen LogP contribution in [0.2, 0.25) is 0 Å². The fraction of sp³-hybridized carbons (Fsp3) is 0.211. The van der Waals surface area contributed by atoms with E-state index in [0.29, 0.717) is 22.8 Å². The first-order valence-electron chi connectivity index (χ1n) is 7.32. The fourth-order valence-electron chi connectivity index (χ4n) is 2.38. The number of hydrogen-bond donors (Lipinski definition) is 1. The Kier molecular flexibility index (Phi) is 5.47. The monoisotopic (exact) mass is 328 g/mol. The molecule has 0 fully saturated rings. The van der Waals surface area contributed by atoms with Gasteiger partial charge in [-0.05, 0) is 54.5 Å². The molecule has 0 amide bonds. The summed E-state index contributed by atoms with van der Waals surface area (Å²) >= 11 is 0. The highest BCUT2D eigenvalue weighted by Crippen LogP contribution is 2.38. The van der Waals surface area contributed by atoms with Crippen LogP contribution in [0.5, 0.6) is 23.0 Å². The van der Waals surface area contributed by atoms with E-state index in [2.05, 4.69) is 0 Å². The maximum absolute atomic E-state index is 12.3. The third kappa shape index (κ3) is 3.68. The average molecular weight is 328 g/mol. The molecule has 5 heteroatoms. The molecule has 0 spiro atoms.